The SMILES string of the molecule is C=Cc1ccc2cc(C(=O)NC)ncc2c1. The molecule has 1 heterocycles. The minimum atomic E-state index is -0.172. The number of aromatic nitrogens is 1. The van der Waals surface area contributed by atoms with Crippen molar-refractivity contribution in [2.24, 2.45) is 0 Å². The molecule has 0 radical (unpaired) electrons. The lowest BCUT2D eigenvalue weighted by Crippen LogP contribution is -2.18. The number of hydrogen-bond acceptors (Lipinski definition) is 2. The van der Waals surface area contributed by atoms with Crippen molar-refractivity contribution in [3.63, 3.8) is 0 Å². The summed E-state index contributed by atoms with van der Waals surface area (Å²) in [5.41, 5.74) is 1.48. The number of pyridine rings is 1. The third-order valence-corrected chi connectivity index (χ3v) is 2.44. The number of benzene rings is 1. The Kier molecular flexibility index (Phi) is 2.68. The molecule has 2 aromatic rings. The Hall–Kier alpha value is -2.16. The highest BCUT2D eigenvalue weighted by Crippen LogP contribution is 2.16. The number of hydrogen-bond donors (Lipinski definition) is 1. The van der Waals surface area contributed by atoms with Crippen molar-refractivity contribution in [2.45, 2.75) is 0 Å². The van der Waals surface area contributed by atoms with Crippen LogP contribution in [-0.4, -0.2) is 17.9 Å². The van der Waals surface area contributed by atoms with E-state index in [4.69, 9.17) is 0 Å². The monoisotopic (exact) mass is 212 g/mol. The van der Waals surface area contributed by atoms with Crippen molar-refractivity contribution in [1.29, 1.82) is 0 Å². The summed E-state index contributed by atoms with van der Waals surface area (Å²) in [7, 11) is 1.59. The van der Waals surface area contributed by atoms with Crippen LogP contribution in [0.2, 0.25) is 0 Å². The van der Waals surface area contributed by atoms with Crippen molar-refractivity contribution in [1.82, 2.24) is 10.3 Å². The van der Waals surface area contributed by atoms with E-state index in [0.29, 0.717) is 5.69 Å². The highest BCUT2D eigenvalue weighted by molar-refractivity contribution is 5.96. The van der Waals surface area contributed by atoms with Gasteiger partial charge in [-0.05, 0) is 23.1 Å². The van der Waals surface area contributed by atoms with Gasteiger partial charge in [-0.25, -0.2) is 0 Å². The van der Waals surface area contributed by atoms with Crippen LogP contribution in [0.3, 0.4) is 0 Å². The molecule has 0 bridgehead atoms. The molecule has 80 valence electrons. The number of carbonyl (C=O) groups excluding carboxylic acids is 1. The van der Waals surface area contributed by atoms with Crippen molar-refractivity contribution in [3.8, 4) is 0 Å². The normalized spacial score (nSPS) is 10.1. The van der Waals surface area contributed by atoms with Crippen LogP contribution in [0.15, 0.2) is 37.0 Å². The van der Waals surface area contributed by atoms with Gasteiger partial charge in [0, 0.05) is 18.6 Å². The van der Waals surface area contributed by atoms with Crippen LogP contribution in [0, 0.1) is 0 Å². The fourth-order valence-electron chi connectivity index (χ4n) is 1.54. The molecule has 1 aromatic carbocycles. The number of amides is 1. The lowest BCUT2D eigenvalue weighted by Gasteiger charge is -2.02. The molecule has 0 aliphatic heterocycles. The minimum absolute atomic E-state index is 0.172. The summed E-state index contributed by atoms with van der Waals surface area (Å²) < 4.78 is 0. The molecule has 0 fully saturated rings. The van der Waals surface area contributed by atoms with Crippen LogP contribution in [0.25, 0.3) is 16.8 Å². The van der Waals surface area contributed by atoms with Crippen LogP contribution in [0.1, 0.15) is 16.1 Å². The molecule has 1 amide bonds. The molecule has 3 nitrogen and oxygen atoms in total. The molecule has 1 N–H and O–H groups in total. The van der Waals surface area contributed by atoms with Crippen molar-refractivity contribution < 1.29 is 4.79 Å². The van der Waals surface area contributed by atoms with E-state index in [2.05, 4.69) is 16.9 Å². The van der Waals surface area contributed by atoms with Crippen LogP contribution < -0.4 is 5.32 Å². The van der Waals surface area contributed by atoms with E-state index in [0.717, 1.165) is 16.3 Å². The maximum absolute atomic E-state index is 11.4. The molecule has 0 spiro atoms. The highest BCUT2D eigenvalue weighted by Gasteiger charge is 2.05. The van der Waals surface area contributed by atoms with E-state index in [1.165, 1.54) is 0 Å². The zero-order valence-electron chi connectivity index (χ0n) is 9.03. The highest BCUT2D eigenvalue weighted by atomic mass is 16.1. The topological polar surface area (TPSA) is 42.0 Å². The van der Waals surface area contributed by atoms with Crippen molar-refractivity contribution >= 4 is 22.8 Å². The summed E-state index contributed by atoms with van der Waals surface area (Å²) in [5, 5.41) is 4.55. The van der Waals surface area contributed by atoms with Gasteiger partial charge in [-0.1, -0.05) is 24.8 Å². The Morgan fingerprint density at radius 3 is 2.88 bits per heavy atom. The summed E-state index contributed by atoms with van der Waals surface area (Å²) in [6.45, 7) is 3.71. The molecular formula is C13H12N2O. The molecule has 0 unspecified atom stereocenters. The van der Waals surface area contributed by atoms with Crippen molar-refractivity contribution in [2.75, 3.05) is 7.05 Å². The second kappa shape index (κ2) is 4.14. The van der Waals surface area contributed by atoms with E-state index in [1.807, 2.05) is 18.2 Å². The lowest BCUT2D eigenvalue weighted by molar-refractivity contribution is 0.0958. The minimum Gasteiger partial charge on any atom is -0.354 e. The molecular weight excluding hydrogens is 200 g/mol. The van der Waals surface area contributed by atoms with Gasteiger partial charge in [-0.3, -0.25) is 9.78 Å². The number of fused-ring (bicyclic) bond motifs is 1. The summed E-state index contributed by atoms with van der Waals surface area (Å²) in [6.07, 6.45) is 3.49. The Balaban J connectivity index is 2.55. The van der Waals surface area contributed by atoms with Gasteiger partial charge >= 0.3 is 0 Å². The Morgan fingerprint density at radius 1 is 1.38 bits per heavy atom. The number of nitrogens with zero attached hydrogens (tertiary/aromatic N) is 1. The summed E-state index contributed by atoms with van der Waals surface area (Å²) in [4.78, 5) is 15.5. The van der Waals surface area contributed by atoms with Gasteiger partial charge < -0.3 is 5.32 Å². The van der Waals surface area contributed by atoms with Gasteiger partial charge in [-0.2, -0.15) is 0 Å². The molecule has 0 aliphatic rings. The Labute approximate surface area is 93.8 Å². The standard InChI is InChI=1S/C13H12N2O/c1-3-9-4-5-10-7-12(13(16)14-2)15-8-11(10)6-9/h3-8H,1H2,2H3,(H,14,16). The van der Waals surface area contributed by atoms with Crippen LogP contribution >= 0.6 is 0 Å². The summed E-state index contributed by atoms with van der Waals surface area (Å²) in [6, 6.07) is 7.69. The Morgan fingerprint density at radius 2 is 2.19 bits per heavy atom. The van der Waals surface area contributed by atoms with E-state index in [9.17, 15) is 4.79 Å². The molecule has 0 atom stereocenters. The second-order valence-electron chi connectivity index (χ2n) is 3.46. The first-order chi connectivity index (χ1) is 7.74. The van der Waals surface area contributed by atoms with Gasteiger partial charge in [0.2, 0.25) is 0 Å². The molecule has 0 saturated heterocycles. The van der Waals surface area contributed by atoms with Gasteiger partial charge in [0.1, 0.15) is 5.69 Å². The Bertz CT molecular complexity index is 561. The smallest absolute Gasteiger partial charge is 0.269 e. The maximum Gasteiger partial charge on any atom is 0.269 e. The number of rotatable bonds is 2. The predicted octanol–water partition coefficient (Wildman–Crippen LogP) is 2.24. The van der Waals surface area contributed by atoms with Crippen molar-refractivity contribution in [3.05, 3.63) is 48.3 Å². The van der Waals surface area contributed by atoms with Crippen LogP contribution in [0.5, 0.6) is 0 Å². The fourth-order valence-corrected chi connectivity index (χ4v) is 1.54. The van der Waals surface area contributed by atoms with Crippen LogP contribution in [-0.2, 0) is 0 Å². The number of carbonyl (C=O) groups is 1. The average molecular weight is 212 g/mol. The zero-order chi connectivity index (χ0) is 11.5. The second-order valence-corrected chi connectivity index (χ2v) is 3.46. The summed E-state index contributed by atoms with van der Waals surface area (Å²) in [5.74, 6) is -0.172. The third kappa shape index (κ3) is 1.80. The predicted molar refractivity (Wildman–Crippen MR) is 65.2 cm³/mol. The number of nitrogens with one attached hydrogen (secondary N) is 1. The van der Waals surface area contributed by atoms with Gasteiger partial charge in [0.05, 0.1) is 0 Å². The third-order valence-electron chi connectivity index (χ3n) is 2.44. The van der Waals surface area contributed by atoms with Crippen LogP contribution in [0.4, 0.5) is 0 Å². The van der Waals surface area contributed by atoms with E-state index >= 15 is 0 Å². The molecule has 0 saturated carbocycles. The first-order valence-corrected chi connectivity index (χ1v) is 4.99. The van der Waals surface area contributed by atoms with E-state index < -0.39 is 0 Å². The van der Waals surface area contributed by atoms with E-state index in [1.54, 1.807) is 25.4 Å². The van der Waals surface area contributed by atoms with Gasteiger partial charge in [0.15, 0.2) is 0 Å². The molecule has 16 heavy (non-hydrogen) atoms. The first-order valence-electron chi connectivity index (χ1n) is 4.99. The largest absolute Gasteiger partial charge is 0.354 e. The average Bonchev–Trinajstić information content (AvgIpc) is 2.36. The van der Waals surface area contributed by atoms with E-state index in [-0.39, 0.29) is 5.91 Å². The molecule has 2 rings (SSSR count). The molecule has 1 aromatic heterocycles. The lowest BCUT2D eigenvalue weighted by atomic mass is 10.1. The van der Waals surface area contributed by atoms with Gasteiger partial charge in [-0.15, -0.1) is 0 Å². The fraction of sp³-hybridized carbons (Fsp3) is 0.0769. The molecule has 3 heteroatoms. The maximum atomic E-state index is 11.4. The quantitative estimate of drug-likeness (QED) is 0.829. The zero-order valence-corrected chi connectivity index (χ0v) is 9.03. The molecule has 0 aliphatic carbocycles. The first kappa shape index (κ1) is 10.4. The van der Waals surface area contributed by atoms with Gasteiger partial charge in [0.25, 0.3) is 5.91 Å². The summed E-state index contributed by atoms with van der Waals surface area (Å²) >= 11 is 0.